The molecule has 0 bridgehead atoms. The highest BCUT2D eigenvalue weighted by atomic mass is 32.1. The molecular formula is C53H62F4N10O10S. The molecule has 5 heterocycles. The normalized spacial score (nSPS) is 18.0. The van der Waals surface area contributed by atoms with Gasteiger partial charge in [-0.3, -0.25) is 28.8 Å². The van der Waals surface area contributed by atoms with E-state index < -0.39 is 84.1 Å². The van der Waals surface area contributed by atoms with Gasteiger partial charge < -0.3 is 55.4 Å². The second-order valence-corrected chi connectivity index (χ2v) is 20.9. The average Bonchev–Trinajstić information content (AvgIpc) is 4.21. The van der Waals surface area contributed by atoms with Crippen LogP contribution in [0.4, 0.5) is 17.6 Å². The van der Waals surface area contributed by atoms with Crippen molar-refractivity contribution in [3.8, 4) is 33.3 Å². The van der Waals surface area contributed by atoms with E-state index in [9.17, 15) is 47.0 Å². The predicted octanol–water partition coefficient (Wildman–Crippen LogP) is 4.66. The molecule has 6 N–H and O–H groups in total. The summed E-state index contributed by atoms with van der Waals surface area (Å²) in [6.07, 6.45) is -3.41. The van der Waals surface area contributed by atoms with Crippen LogP contribution in [0.3, 0.4) is 0 Å². The van der Waals surface area contributed by atoms with Gasteiger partial charge in [-0.05, 0) is 53.6 Å². The van der Waals surface area contributed by atoms with Gasteiger partial charge in [0, 0.05) is 69.9 Å². The summed E-state index contributed by atoms with van der Waals surface area (Å²) >= 11 is 1.55. The number of rotatable bonds is 22. The van der Waals surface area contributed by atoms with E-state index in [-0.39, 0.29) is 82.4 Å². The van der Waals surface area contributed by atoms with Crippen LogP contribution in [0.25, 0.3) is 21.7 Å². The molecule has 5 atom stereocenters. The summed E-state index contributed by atoms with van der Waals surface area (Å²) in [7, 11) is 0. The van der Waals surface area contributed by atoms with Gasteiger partial charge in [0.05, 0.1) is 53.8 Å². The van der Waals surface area contributed by atoms with Gasteiger partial charge >= 0.3 is 6.36 Å². The molecular weight excluding hydrogens is 1040 g/mol. The molecule has 0 saturated carbocycles. The highest BCUT2D eigenvalue weighted by Crippen LogP contribution is 2.31. The molecule has 6 amide bonds. The first-order valence-corrected chi connectivity index (χ1v) is 26.0. The van der Waals surface area contributed by atoms with E-state index >= 15 is 4.39 Å². The third-order valence-corrected chi connectivity index (χ3v) is 14.0. The van der Waals surface area contributed by atoms with Gasteiger partial charge in [0.15, 0.2) is 6.17 Å². The number of aromatic nitrogens is 4. The number of β-amino-alcohol motifs (C(OH)–C–C–N with tert-alkyl or cyclic N) is 1. The third kappa shape index (κ3) is 16.0. The number of thiazole rings is 1. The van der Waals surface area contributed by atoms with Crippen LogP contribution in [0, 0.1) is 12.3 Å². The largest absolute Gasteiger partial charge is 0.573 e. The molecule has 3 aromatic heterocycles. The Labute approximate surface area is 451 Å². The number of aliphatic hydroxyl groups is 1. The molecule has 20 nitrogen and oxygen atoms in total. The maximum absolute atomic E-state index is 15.4. The number of benzene rings is 2. The first-order chi connectivity index (χ1) is 37.0. The minimum absolute atomic E-state index is 0.00213. The summed E-state index contributed by atoms with van der Waals surface area (Å²) in [5.74, 6) is -3.73. The molecule has 0 unspecified atom stereocenters. The Hall–Kier alpha value is -7.51. The van der Waals surface area contributed by atoms with E-state index in [0.29, 0.717) is 29.8 Å². The van der Waals surface area contributed by atoms with Crippen molar-refractivity contribution in [3.05, 3.63) is 101 Å². The number of hydrogen-bond acceptors (Lipinski definition) is 14. The molecule has 2 aliphatic rings. The molecule has 2 aliphatic heterocycles. The fourth-order valence-corrected chi connectivity index (χ4v) is 9.71. The lowest BCUT2D eigenvalue weighted by Crippen LogP contribution is -2.58. The Kier molecular flexibility index (Phi) is 19.2. The van der Waals surface area contributed by atoms with E-state index in [1.54, 1.807) is 48.4 Å². The van der Waals surface area contributed by atoms with Gasteiger partial charge in [-0.2, -0.15) is 0 Å². The highest BCUT2D eigenvalue weighted by molar-refractivity contribution is 7.13. The monoisotopic (exact) mass is 1110 g/mol. The zero-order chi connectivity index (χ0) is 56.3. The SMILES string of the molecule is Cc1ncsc1-c1ccc(CNC(=O)[C@@H]2C[C@@H](O)CN2C(=O)[C@@H](NC(=O)COCCNC(=O)CCCn2cnc(-c3cnc(O[C@@H]4CCN(C(=O)Cc5ccc(OC(F)(F)F)cc5)C[C@H]4F)c(C(N)=O)c3)c2)C(C)(C)C)cc1. The molecule has 2 fully saturated rings. The third-order valence-electron chi connectivity index (χ3n) is 13.0. The van der Waals surface area contributed by atoms with Crippen LogP contribution < -0.4 is 31.2 Å². The summed E-state index contributed by atoms with van der Waals surface area (Å²) < 4.78 is 69.8. The van der Waals surface area contributed by atoms with Crippen LogP contribution in [0.1, 0.15) is 73.6 Å². The number of imidazole rings is 1. The molecule has 418 valence electrons. The number of aryl methyl sites for hydroxylation is 2. The van der Waals surface area contributed by atoms with Crippen molar-refractivity contribution in [2.45, 2.75) is 110 Å². The van der Waals surface area contributed by atoms with Crippen LogP contribution in [0.15, 0.2) is 78.8 Å². The summed E-state index contributed by atoms with van der Waals surface area (Å²) in [4.78, 5) is 95.1. The number of halogens is 4. The molecule has 5 aromatic rings. The number of nitrogens with zero attached hydrogens (tertiary/aromatic N) is 6. The first kappa shape index (κ1) is 58.2. The van der Waals surface area contributed by atoms with Crippen LogP contribution in [0.2, 0.25) is 0 Å². The predicted molar refractivity (Wildman–Crippen MR) is 276 cm³/mol. The number of carbonyl (C=O) groups is 6. The van der Waals surface area contributed by atoms with E-state index in [1.807, 2.05) is 31.2 Å². The smallest absolute Gasteiger partial charge is 0.471 e. The number of hydrogen-bond donors (Lipinski definition) is 5. The van der Waals surface area contributed by atoms with Crippen LogP contribution in [0.5, 0.6) is 11.6 Å². The van der Waals surface area contributed by atoms with Crippen molar-refractivity contribution in [2.24, 2.45) is 11.1 Å². The quantitative estimate of drug-likeness (QED) is 0.0467. The topological polar surface area (TPSA) is 263 Å². The lowest BCUT2D eigenvalue weighted by atomic mass is 9.85. The number of amides is 6. The number of likely N-dealkylation sites (tertiary alicyclic amines) is 2. The maximum atomic E-state index is 15.4. The van der Waals surface area contributed by atoms with Gasteiger partial charge in [-0.25, -0.2) is 19.3 Å². The number of nitrogens with two attached hydrogens (primary N) is 1. The fourth-order valence-electron chi connectivity index (χ4n) is 8.90. The number of pyridine rings is 1. The number of piperidine rings is 1. The first-order valence-electron chi connectivity index (χ1n) is 25.2. The number of aliphatic hydroxyl groups excluding tert-OH is 1. The lowest BCUT2D eigenvalue weighted by molar-refractivity contribution is -0.274. The zero-order valence-electron chi connectivity index (χ0n) is 43.4. The zero-order valence-corrected chi connectivity index (χ0v) is 44.2. The van der Waals surface area contributed by atoms with Crippen molar-refractivity contribution in [3.63, 3.8) is 0 Å². The molecule has 0 aliphatic carbocycles. The van der Waals surface area contributed by atoms with Crippen LogP contribution >= 0.6 is 11.3 Å². The standard InChI is InChI=1S/C53H62F4N10O10S/c1-31-46(78-30-63-31)34-11-7-33(8-12-34)23-60-49(73)41-22-36(68)25-67(41)51(74)47(52(2,3)4)64-44(70)28-75-19-16-59-43(69)6-5-17-65-27-40(62-29-65)35-21-38(48(58)72)50(61-24-35)76-42-15-18-66(26-39(42)54)45(71)20-32-9-13-37(14-10-32)77-53(55,56)57/h7-14,21,24,27,29-30,36,39,41-42,47,68H,5-6,15-20,22-23,25-26,28H2,1-4H3,(H2,58,72)(H,59,69)(H,60,73)(H,64,70)/t36-,39-,41+,42-,47-/m1/s1. The Bertz CT molecular complexity index is 2910. The number of carbonyl (C=O) groups excluding carboxylic acids is 6. The molecule has 2 saturated heterocycles. The van der Waals surface area contributed by atoms with E-state index in [0.717, 1.165) is 33.8 Å². The molecule has 25 heteroatoms. The number of ether oxygens (including phenoxy) is 3. The molecule has 0 radical (unpaired) electrons. The average molecular weight is 1110 g/mol. The van der Waals surface area contributed by atoms with Gasteiger partial charge in [0.2, 0.25) is 35.4 Å². The second-order valence-electron chi connectivity index (χ2n) is 20.1. The van der Waals surface area contributed by atoms with Crippen molar-refractivity contribution >= 4 is 46.8 Å². The summed E-state index contributed by atoms with van der Waals surface area (Å²) in [5.41, 5.74) is 10.6. The van der Waals surface area contributed by atoms with E-state index in [1.165, 1.54) is 40.5 Å². The van der Waals surface area contributed by atoms with Crippen molar-refractivity contribution in [1.82, 2.24) is 45.3 Å². The van der Waals surface area contributed by atoms with Gasteiger partial charge in [0.25, 0.3) is 5.91 Å². The van der Waals surface area contributed by atoms with Gasteiger partial charge in [-0.15, -0.1) is 24.5 Å². The highest BCUT2D eigenvalue weighted by Gasteiger charge is 2.44. The minimum Gasteiger partial charge on any atom is -0.471 e. The molecule has 2 aromatic carbocycles. The van der Waals surface area contributed by atoms with Crippen molar-refractivity contribution in [1.29, 1.82) is 0 Å². The van der Waals surface area contributed by atoms with Crippen LogP contribution in [-0.4, -0.2) is 146 Å². The van der Waals surface area contributed by atoms with E-state index in [4.69, 9.17) is 15.2 Å². The number of alkyl halides is 4. The van der Waals surface area contributed by atoms with Crippen LogP contribution in [-0.2, 0) is 48.2 Å². The second kappa shape index (κ2) is 25.8. The lowest BCUT2D eigenvalue weighted by Gasteiger charge is -2.35. The number of nitrogens with one attached hydrogen (secondary N) is 3. The van der Waals surface area contributed by atoms with Crippen molar-refractivity contribution < 1.29 is 65.6 Å². The Morgan fingerprint density at radius 3 is 2.33 bits per heavy atom. The summed E-state index contributed by atoms with van der Waals surface area (Å²) in [6.45, 7) is 7.30. The van der Waals surface area contributed by atoms with Crippen molar-refractivity contribution in [2.75, 3.05) is 39.4 Å². The fraction of sp³-hybridized carbons (Fsp3) is 0.453. The minimum atomic E-state index is -4.86. The molecule has 7 rings (SSSR count). The molecule has 78 heavy (non-hydrogen) atoms. The van der Waals surface area contributed by atoms with E-state index in [2.05, 4.69) is 35.6 Å². The number of primary amides is 1. The maximum Gasteiger partial charge on any atom is 0.573 e. The Morgan fingerprint density at radius 1 is 0.936 bits per heavy atom. The molecule has 0 spiro atoms. The Balaban J connectivity index is 0.798. The summed E-state index contributed by atoms with van der Waals surface area (Å²) in [6, 6.07) is 12.0. The Morgan fingerprint density at radius 2 is 1.67 bits per heavy atom. The summed E-state index contributed by atoms with van der Waals surface area (Å²) in [5, 5.41) is 18.9. The van der Waals surface area contributed by atoms with Gasteiger partial charge in [0.1, 0.15) is 36.1 Å². The van der Waals surface area contributed by atoms with Gasteiger partial charge in [-0.1, -0.05) is 57.2 Å².